The summed E-state index contributed by atoms with van der Waals surface area (Å²) in [5.41, 5.74) is 3.48. The van der Waals surface area contributed by atoms with Crippen LogP contribution in [0.5, 0.6) is 5.75 Å². The number of esters is 1. The summed E-state index contributed by atoms with van der Waals surface area (Å²) < 4.78 is 42.6. The van der Waals surface area contributed by atoms with Gasteiger partial charge in [-0.3, -0.25) is 4.68 Å². The Morgan fingerprint density at radius 2 is 1.77 bits per heavy atom. The second kappa shape index (κ2) is 10.4. The molecule has 0 fully saturated rings. The molecular weight excluding hydrogens is 512 g/mol. The van der Waals surface area contributed by atoms with Crippen LogP contribution in [0.4, 0.5) is 8.78 Å². The first-order valence-electron chi connectivity index (χ1n) is 13.3. The third kappa shape index (κ3) is 5.18. The quantitative estimate of drug-likeness (QED) is 0.169. The molecule has 2 aromatic heterocycles. The van der Waals surface area contributed by atoms with Gasteiger partial charge in [-0.2, -0.15) is 5.10 Å². The highest BCUT2D eigenvalue weighted by molar-refractivity contribution is 6.04. The second-order valence-corrected chi connectivity index (χ2v) is 11.1. The van der Waals surface area contributed by atoms with Gasteiger partial charge in [0.1, 0.15) is 28.7 Å². The molecule has 0 atom stereocenters. The van der Waals surface area contributed by atoms with E-state index in [0.29, 0.717) is 53.2 Å². The lowest BCUT2D eigenvalue weighted by atomic mass is 9.98. The molecule has 40 heavy (non-hydrogen) atoms. The first kappa shape index (κ1) is 27.4. The summed E-state index contributed by atoms with van der Waals surface area (Å²) in [7, 11) is 1.82. The van der Waals surface area contributed by atoms with E-state index in [4.69, 9.17) is 9.47 Å². The monoisotopic (exact) mass is 545 g/mol. The molecule has 208 valence electrons. The van der Waals surface area contributed by atoms with Crippen LogP contribution in [0.3, 0.4) is 0 Å². The SMILES string of the molecule is Cc1nn(C)c(C)c1-c1c(F)ccc2c(CCCOc3cccc4cc(F)ccc34)c(C(=O)OC(C)(C)C)[nH]c12. The molecular formula is C32H33F2N3O3. The lowest BCUT2D eigenvalue weighted by Crippen LogP contribution is -2.24. The Labute approximate surface area is 231 Å². The summed E-state index contributed by atoms with van der Waals surface area (Å²) >= 11 is 0. The summed E-state index contributed by atoms with van der Waals surface area (Å²) in [5, 5.41) is 6.81. The zero-order chi connectivity index (χ0) is 28.8. The number of H-pyrrole nitrogens is 1. The van der Waals surface area contributed by atoms with Gasteiger partial charge in [0.15, 0.2) is 0 Å². The van der Waals surface area contributed by atoms with E-state index in [0.717, 1.165) is 27.4 Å². The fraction of sp³-hybridized carbons (Fsp3) is 0.312. The number of carbonyl (C=O) groups excluding carboxylic acids is 1. The van der Waals surface area contributed by atoms with Crippen molar-refractivity contribution in [2.75, 3.05) is 6.61 Å². The molecule has 0 saturated carbocycles. The molecule has 0 aliphatic rings. The predicted octanol–water partition coefficient (Wildman–Crippen LogP) is 7.58. The second-order valence-electron chi connectivity index (χ2n) is 11.1. The maximum Gasteiger partial charge on any atom is 0.355 e. The number of nitrogens with zero attached hydrogens (tertiary/aromatic N) is 2. The third-order valence-electron chi connectivity index (χ3n) is 7.02. The van der Waals surface area contributed by atoms with Gasteiger partial charge in [-0.1, -0.05) is 12.1 Å². The molecule has 3 aromatic carbocycles. The van der Waals surface area contributed by atoms with E-state index < -0.39 is 17.4 Å². The highest BCUT2D eigenvalue weighted by atomic mass is 19.1. The summed E-state index contributed by atoms with van der Waals surface area (Å²) in [6.07, 6.45) is 1.07. The van der Waals surface area contributed by atoms with Crippen molar-refractivity contribution in [3.63, 3.8) is 0 Å². The van der Waals surface area contributed by atoms with E-state index in [9.17, 15) is 9.18 Å². The summed E-state index contributed by atoms with van der Waals surface area (Å²) in [6, 6.07) is 13.3. The number of aromatic nitrogens is 3. The molecule has 0 unspecified atom stereocenters. The van der Waals surface area contributed by atoms with Gasteiger partial charge in [-0.15, -0.1) is 0 Å². The molecule has 0 spiro atoms. The van der Waals surface area contributed by atoms with Gasteiger partial charge in [-0.05, 0) is 94.8 Å². The van der Waals surface area contributed by atoms with Gasteiger partial charge in [0.05, 0.1) is 17.8 Å². The van der Waals surface area contributed by atoms with Crippen LogP contribution in [-0.2, 0) is 18.2 Å². The van der Waals surface area contributed by atoms with Gasteiger partial charge in [0.25, 0.3) is 0 Å². The van der Waals surface area contributed by atoms with Crippen LogP contribution in [0, 0.1) is 25.5 Å². The van der Waals surface area contributed by atoms with Gasteiger partial charge in [-0.25, -0.2) is 13.6 Å². The van der Waals surface area contributed by atoms with Crippen LogP contribution < -0.4 is 4.74 Å². The van der Waals surface area contributed by atoms with E-state index >= 15 is 4.39 Å². The topological polar surface area (TPSA) is 69.1 Å². The number of fused-ring (bicyclic) bond motifs is 2. The van der Waals surface area contributed by atoms with E-state index in [-0.39, 0.29) is 5.82 Å². The molecule has 5 aromatic rings. The number of aromatic amines is 1. The van der Waals surface area contributed by atoms with E-state index in [1.165, 1.54) is 18.2 Å². The van der Waals surface area contributed by atoms with Crippen molar-refractivity contribution in [2.45, 2.75) is 53.1 Å². The zero-order valence-corrected chi connectivity index (χ0v) is 23.6. The summed E-state index contributed by atoms with van der Waals surface area (Å²) in [5.74, 6) is -0.533. The highest BCUT2D eigenvalue weighted by Gasteiger charge is 2.27. The van der Waals surface area contributed by atoms with Crippen LogP contribution in [-0.4, -0.2) is 32.9 Å². The van der Waals surface area contributed by atoms with Crippen molar-refractivity contribution in [3.8, 4) is 16.9 Å². The smallest absolute Gasteiger partial charge is 0.355 e. The fourth-order valence-electron chi connectivity index (χ4n) is 5.22. The summed E-state index contributed by atoms with van der Waals surface area (Å²) in [6.45, 7) is 9.54. The first-order chi connectivity index (χ1) is 18.9. The molecule has 5 rings (SSSR count). The van der Waals surface area contributed by atoms with Crippen molar-refractivity contribution >= 4 is 27.6 Å². The molecule has 0 radical (unpaired) electrons. The van der Waals surface area contributed by atoms with Crippen molar-refractivity contribution in [1.29, 1.82) is 0 Å². The zero-order valence-electron chi connectivity index (χ0n) is 23.6. The minimum absolute atomic E-state index is 0.300. The maximum absolute atomic E-state index is 15.4. The lowest BCUT2D eigenvalue weighted by molar-refractivity contribution is 0.00625. The van der Waals surface area contributed by atoms with E-state index in [1.54, 1.807) is 16.8 Å². The van der Waals surface area contributed by atoms with Crippen LogP contribution in [0.25, 0.3) is 32.8 Å². The van der Waals surface area contributed by atoms with Crippen LogP contribution in [0.1, 0.15) is 54.6 Å². The first-order valence-corrected chi connectivity index (χ1v) is 13.3. The minimum Gasteiger partial charge on any atom is -0.493 e. The van der Waals surface area contributed by atoms with Crippen molar-refractivity contribution in [2.24, 2.45) is 7.05 Å². The standard InChI is InChI=1S/C32H33F2N3O3/c1-18-27(19(2)37(6)36-18)28-25(34)15-14-24-23(30(35-29(24)28)31(38)40-32(3,4)5)10-8-16-39-26-11-7-9-20-17-21(33)12-13-22(20)26/h7,9,11-15,17,35H,8,10,16H2,1-6H3. The average Bonchev–Trinajstić information content (AvgIpc) is 3.37. The van der Waals surface area contributed by atoms with Gasteiger partial charge >= 0.3 is 5.97 Å². The fourth-order valence-corrected chi connectivity index (χ4v) is 5.22. The molecule has 0 bridgehead atoms. The van der Waals surface area contributed by atoms with Crippen LogP contribution in [0.2, 0.25) is 0 Å². The molecule has 0 saturated heterocycles. The Morgan fingerprint density at radius 3 is 2.48 bits per heavy atom. The lowest BCUT2D eigenvalue weighted by Gasteiger charge is -2.19. The number of nitrogens with one attached hydrogen (secondary N) is 1. The average molecular weight is 546 g/mol. The molecule has 0 aliphatic carbocycles. The summed E-state index contributed by atoms with van der Waals surface area (Å²) in [4.78, 5) is 16.5. The van der Waals surface area contributed by atoms with Gasteiger partial charge in [0.2, 0.25) is 0 Å². The number of carbonyl (C=O) groups is 1. The molecule has 2 heterocycles. The minimum atomic E-state index is -0.701. The maximum atomic E-state index is 15.4. The number of hydrogen-bond donors (Lipinski definition) is 1. The largest absolute Gasteiger partial charge is 0.493 e. The molecule has 0 amide bonds. The van der Waals surface area contributed by atoms with E-state index in [1.807, 2.05) is 59.9 Å². The van der Waals surface area contributed by atoms with Crippen LogP contribution in [0.15, 0.2) is 48.5 Å². The molecule has 1 N–H and O–H groups in total. The Morgan fingerprint density at radius 1 is 1.02 bits per heavy atom. The Balaban J connectivity index is 1.51. The molecule has 8 heteroatoms. The van der Waals surface area contributed by atoms with Crippen molar-refractivity contribution in [1.82, 2.24) is 14.8 Å². The van der Waals surface area contributed by atoms with Gasteiger partial charge < -0.3 is 14.5 Å². The Bertz CT molecular complexity index is 1740. The third-order valence-corrected chi connectivity index (χ3v) is 7.02. The number of rotatable bonds is 7. The Hall–Kier alpha value is -4.20. The number of halogens is 2. The number of hydrogen-bond acceptors (Lipinski definition) is 4. The van der Waals surface area contributed by atoms with Crippen molar-refractivity contribution in [3.05, 3.63) is 82.8 Å². The van der Waals surface area contributed by atoms with Crippen LogP contribution >= 0.6 is 0 Å². The van der Waals surface area contributed by atoms with Gasteiger partial charge in [0, 0.05) is 34.6 Å². The molecule has 6 nitrogen and oxygen atoms in total. The predicted molar refractivity (Wildman–Crippen MR) is 153 cm³/mol. The number of benzene rings is 3. The Kier molecular flexibility index (Phi) is 7.12. The molecule has 0 aliphatic heterocycles. The number of ether oxygens (including phenoxy) is 2. The highest BCUT2D eigenvalue weighted by Crippen LogP contribution is 2.38. The van der Waals surface area contributed by atoms with Crippen molar-refractivity contribution < 1.29 is 23.0 Å². The number of aryl methyl sites for hydroxylation is 3. The van der Waals surface area contributed by atoms with E-state index in [2.05, 4.69) is 10.1 Å². The normalized spacial score (nSPS) is 11.9.